The second kappa shape index (κ2) is 2.17. The second-order valence-corrected chi connectivity index (χ2v) is 5.83. The Kier molecular flexibility index (Phi) is 1.36. The number of rotatable bonds is 2. The number of carbonyl (C=O) groups excluding carboxylic acids is 1. The van der Waals surface area contributed by atoms with Gasteiger partial charge in [0.15, 0.2) is 0 Å². The maximum absolute atomic E-state index is 11.4. The third kappa shape index (κ3) is 0.665. The first-order valence-corrected chi connectivity index (χ1v) is 5.61. The molecule has 0 radical (unpaired) electrons. The summed E-state index contributed by atoms with van der Waals surface area (Å²) in [5.41, 5.74) is 0.723. The van der Waals surface area contributed by atoms with E-state index in [1.807, 2.05) is 0 Å². The van der Waals surface area contributed by atoms with Crippen LogP contribution in [0.25, 0.3) is 0 Å². The summed E-state index contributed by atoms with van der Waals surface area (Å²) >= 11 is 0. The van der Waals surface area contributed by atoms with Crippen molar-refractivity contribution in [3.05, 3.63) is 0 Å². The van der Waals surface area contributed by atoms with Gasteiger partial charge in [0.1, 0.15) is 0 Å². The molecular formula is C12H18O2. The molecule has 4 bridgehead atoms. The summed E-state index contributed by atoms with van der Waals surface area (Å²) in [5, 5.41) is 0. The molecule has 2 nitrogen and oxygen atoms in total. The number of hydrogen-bond acceptors (Lipinski definition) is 2. The lowest BCUT2D eigenvalue weighted by Crippen LogP contribution is -2.30. The van der Waals surface area contributed by atoms with Gasteiger partial charge in [-0.05, 0) is 41.4 Å². The van der Waals surface area contributed by atoms with Gasteiger partial charge < -0.3 is 4.74 Å². The molecule has 0 saturated heterocycles. The van der Waals surface area contributed by atoms with Gasteiger partial charge in [0.25, 0.3) is 0 Å². The van der Waals surface area contributed by atoms with Crippen LogP contribution < -0.4 is 0 Å². The summed E-state index contributed by atoms with van der Waals surface area (Å²) in [7, 11) is 1.50. The van der Waals surface area contributed by atoms with E-state index in [9.17, 15) is 4.79 Å². The molecule has 5 atom stereocenters. The lowest BCUT2D eigenvalue weighted by Gasteiger charge is -2.32. The van der Waals surface area contributed by atoms with E-state index in [0.29, 0.717) is 11.8 Å². The minimum atomic E-state index is -0.0214. The van der Waals surface area contributed by atoms with Crippen LogP contribution >= 0.6 is 0 Å². The molecule has 0 heterocycles. The zero-order valence-corrected chi connectivity index (χ0v) is 9.17. The Hall–Kier alpha value is -0.530. The average molecular weight is 194 g/mol. The fourth-order valence-electron chi connectivity index (χ4n) is 4.74. The molecule has 2 heteroatoms. The topological polar surface area (TPSA) is 26.3 Å². The Morgan fingerprint density at radius 3 is 2.29 bits per heavy atom. The SMILES string of the molecule is COC(=O)C[C@@]1(C)C2C[C@@H]3[C@H](C2)C31C. The van der Waals surface area contributed by atoms with Crippen LogP contribution in [0.1, 0.15) is 33.1 Å². The molecule has 4 rings (SSSR count). The molecule has 0 N–H and O–H groups in total. The standard InChI is InChI=1S/C12H18O2/c1-11(6-10(13)14-3)7-4-8-9(5-7)12(8,11)2/h7-9H,4-6H2,1-3H3/t7?,8-,9+,11-,12?/m0/s1. The van der Waals surface area contributed by atoms with Crippen molar-refractivity contribution < 1.29 is 9.53 Å². The lowest BCUT2D eigenvalue weighted by molar-refractivity contribution is -0.144. The predicted octanol–water partition coefficient (Wildman–Crippen LogP) is 2.23. The van der Waals surface area contributed by atoms with Crippen LogP contribution in [0, 0.1) is 28.6 Å². The molecule has 78 valence electrons. The van der Waals surface area contributed by atoms with Crippen LogP contribution in [0.4, 0.5) is 0 Å². The van der Waals surface area contributed by atoms with E-state index in [1.165, 1.54) is 20.0 Å². The lowest BCUT2D eigenvalue weighted by atomic mass is 9.72. The minimum Gasteiger partial charge on any atom is -0.469 e. The molecule has 0 aromatic heterocycles. The smallest absolute Gasteiger partial charge is 0.306 e. The second-order valence-electron chi connectivity index (χ2n) is 5.83. The van der Waals surface area contributed by atoms with Crippen LogP contribution in [-0.2, 0) is 9.53 Å². The summed E-state index contributed by atoms with van der Waals surface area (Å²) in [4.78, 5) is 11.4. The Morgan fingerprint density at radius 2 is 1.93 bits per heavy atom. The highest BCUT2D eigenvalue weighted by molar-refractivity contribution is 5.71. The first-order chi connectivity index (χ1) is 6.54. The zero-order chi connectivity index (χ0) is 10.1. The number of esters is 1. The van der Waals surface area contributed by atoms with Gasteiger partial charge in [0.05, 0.1) is 13.5 Å². The van der Waals surface area contributed by atoms with Gasteiger partial charge in [-0.2, -0.15) is 0 Å². The Balaban J connectivity index is 1.88. The molecule has 4 saturated carbocycles. The van der Waals surface area contributed by atoms with E-state index in [0.717, 1.165) is 17.8 Å². The van der Waals surface area contributed by atoms with Crippen molar-refractivity contribution in [3.8, 4) is 0 Å². The Labute approximate surface area is 85.0 Å². The quantitative estimate of drug-likeness (QED) is 0.630. The van der Waals surface area contributed by atoms with Crippen LogP contribution in [0.2, 0.25) is 0 Å². The fourth-order valence-corrected chi connectivity index (χ4v) is 4.74. The number of hydrogen-bond donors (Lipinski definition) is 0. The van der Waals surface area contributed by atoms with Gasteiger partial charge in [0, 0.05) is 0 Å². The predicted molar refractivity (Wildman–Crippen MR) is 52.6 cm³/mol. The monoisotopic (exact) mass is 194 g/mol. The first kappa shape index (κ1) is 8.75. The van der Waals surface area contributed by atoms with Gasteiger partial charge in [0.2, 0.25) is 0 Å². The van der Waals surface area contributed by atoms with Crippen LogP contribution in [-0.4, -0.2) is 13.1 Å². The van der Waals surface area contributed by atoms with E-state index < -0.39 is 0 Å². The highest BCUT2D eigenvalue weighted by Crippen LogP contribution is 2.86. The van der Waals surface area contributed by atoms with Crippen molar-refractivity contribution in [1.82, 2.24) is 0 Å². The molecule has 2 unspecified atom stereocenters. The number of methoxy groups -OCH3 is 1. The Bertz CT molecular complexity index is 297. The molecule has 0 aromatic rings. The summed E-state index contributed by atoms with van der Waals surface area (Å²) in [6, 6.07) is 0. The van der Waals surface area contributed by atoms with E-state index >= 15 is 0 Å². The third-order valence-electron chi connectivity index (χ3n) is 5.86. The molecule has 0 amide bonds. The third-order valence-corrected chi connectivity index (χ3v) is 5.86. The summed E-state index contributed by atoms with van der Waals surface area (Å²) < 4.78 is 4.82. The molecule has 14 heavy (non-hydrogen) atoms. The van der Waals surface area contributed by atoms with Crippen LogP contribution in [0.5, 0.6) is 0 Å². The van der Waals surface area contributed by atoms with Crippen LogP contribution in [0.3, 0.4) is 0 Å². The summed E-state index contributed by atoms with van der Waals surface area (Å²) in [6.07, 6.45) is 3.38. The van der Waals surface area contributed by atoms with Crippen molar-refractivity contribution in [2.24, 2.45) is 28.6 Å². The molecule has 4 aliphatic carbocycles. The molecule has 4 fully saturated rings. The Morgan fingerprint density at radius 1 is 1.36 bits per heavy atom. The maximum Gasteiger partial charge on any atom is 0.306 e. The highest BCUT2D eigenvalue weighted by atomic mass is 16.5. The maximum atomic E-state index is 11.4. The van der Waals surface area contributed by atoms with Crippen molar-refractivity contribution >= 4 is 5.97 Å². The van der Waals surface area contributed by atoms with E-state index in [2.05, 4.69) is 13.8 Å². The van der Waals surface area contributed by atoms with Crippen molar-refractivity contribution in [2.75, 3.05) is 7.11 Å². The molecule has 0 spiro atoms. The van der Waals surface area contributed by atoms with Gasteiger partial charge in [-0.15, -0.1) is 0 Å². The largest absolute Gasteiger partial charge is 0.469 e. The highest BCUT2D eigenvalue weighted by Gasteiger charge is 2.81. The molecular weight excluding hydrogens is 176 g/mol. The number of ether oxygens (including phenoxy) is 1. The molecule has 0 aromatic carbocycles. The fraction of sp³-hybridized carbons (Fsp3) is 0.917. The minimum absolute atomic E-state index is 0.0214. The van der Waals surface area contributed by atoms with Gasteiger partial charge in [-0.1, -0.05) is 13.8 Å². The summed E-state index contributed by atoms with van der Waals surface area (Å²) in [6.45, 7) is 4.69. The average Bonchev–Trinajstić information content (AvgIpc) is 2.55. The van der Waals surface area contributed by atoms with Gasteiger partial charge in [-0.25, -0.2) is 0 Å². The van der Waals surface area contributed by atoms with Crippen molar-refractivity contribution in [3.63, 3.8) is 0 Å². The van der Waals surface area contributed by atoms with Crippen molar-refractivity contribution in [1.29, 1.82) is 0 Å². The summed E-state index contributed by atoms with van der Waals surface area (Å²) in [5.74, 6) is 2.64. The first-order valence-electron chi connectivity index (χ1n) is 5.61. The van der Waals surface area contributed by atoms with Gasteiger partial charge >= 0.3 is 5.97 Å². The van der Waals surface area contributed by atoms with E-state index in [-0.39, 0.29) is 11.4 Å². The molecule has 0 aliphatic heterocycles. The van der Waals surface area contributed by atoms with Crippen molar-refractivity contribution in [2.45, 2.75) is 33.1 Å². The van der Waals surface area contributed by atoms with Crippen LogP contribution in [0.15, 0.2) is 0 Å². The zero-order valence-electron chi connectivity index (χ0n) is 9.17. The number of carbonyl (C=O) groups is 1. The van der Waals surface area contributed by atoms with Gasteiger partial charge in [-0.3, -0.25) is 4.79 Å². The van der Waals surface area contributed by atoms with E-state index in [4.69, 9.17) is 4.74 Å². The molecule has 4 aliphatic rings. The van der Waals surface area contributed by atoms with E-state index in [1.54, 1.807) is 0 Å². The normalized spacial score (nSPS) is 57.5.